The molecule has 0 aromatic heterocycles. The van der Waals surface area contributed by atoms with Crippen LogP contribution in [0.15, 0.2) is 48.5 Å². The smallest absolute Gasteiger partial charge is 0.362 e. The zero-order valence-corrected chi connectivity index (χ0v) is 12.6. The largest absolute Gasteiger partial charge is 0.416 e. The lowest BCUT2D eigenvalue weighted by atomic mass is 10.0. The zero-order chi connectivity index (χ0) is 16.8. The molecular formula is C17H15F3N2O. The molecule has 1 aliphatic rings. The number of hydrogen-bond acceptors (Lipinski definition) is 2. The van der Waals surface area contributed by atoms with Crippen LogP contribution in [0.3, 0.4) is 0 Å². The lowest BCUT2D eigenvalue weighted by Crippen LogP contribution is -2.56. The van der Waals surface area contributed by atoms with Gasteiger partial charge in [-0.25, -0.2) is 0 Å². The Kier molecular flexibility index (Phi) is 3.35. The van der Waals surface area contributed by atoms with Gasteiger partial charge < -0.3 is 5.32 Å². The molecule has 0 saturated heterocycles. The molecule has 3 nitrogen and oxygen atoms in total. The van der Waals surface area contributed by atoms with Crippen molar-refractivity contribution in [2.45, 2.75) is 25.7 Å². The second-order valence-corrected chi connectivity index (χ2v) is 5.91. The van der Waals surface area contributed by atoms with E-state index in [0.717, 1.165) is 12.1 Å². The summed E-state index contributed by atoms with van der Waals surface area (Å²) in [6, 6.07) is 11.7. The number of rotatable bonds is 1. The Morgan fingerprint density at radius 3 is 2.22 bits per heavy atom. The highest BCUT2D eigenvalue weighted by Crippen LogP contribution is 2.36. The van der Waals surface area contributed by atoms with Crippen LogP contribution in [0.1, 0.15) is 29.8 Å². The Morgan fingerprint density at radius 2 is 1.61 bits per heavy atom. The van der Waals surface area contributed by atoms with Crippen LogP contribution in [0.25, 0.3) is 0 Å². The van der Waals surface area contributed by atoms with Gasteiger partial charge in [-0.2, -0.15) is 13.2 Å². The quantitative estimate of drug-likeness (QED) is 0.838. The molecule has 6 heteroatoms. The summed E-state index contributed by atoms with van der Waals surface area (Å²) in [7, 11) is 0. The molecule has 0 spiro atoms. The van der Waals surface area contributed by atoms with Crippen LogP contribution < -0.4 is 10.2 Å². The molecule has 0 atom stereocenters. The number of para-hydroxylation sites is 1. The van der Waals surface area contributed by atoms with Crippen LogP contribution >= 0.6 is 0 Å². The van der Waals surface area contributed by atoms with Crippen molar-refractivity contribution in [3.63, 3.8) is 0 Å². The molecule has 120 valence electrons. The topological polar surface area (TPSA) is 32.3 Å². The van der Waals surface area contributed by atoms with E-state index in [9.17, 15) is 18.0 Å². The molecular weight excluding hydrogens is 305 g/mol. The highest BCUT2D eigenvalue weighted by molar-refractivity contribution is 6.12. The second-order valence-electron chi connectivity index (χ2n) is 5.91. The van der Waals surface area contributed by atoms with Gasteiger partial charge in [-0.3, -0.25) is 9.69 Å². The van der Waals surface area contributed by atoms with Gasteiger partial charge in [0.1, 0.15) is 5.66 Å². The molecule has 0 aliphatic carbocycles. The molecule has 1 N–H and O–H groups in total. The van der Waals surface area contributed by atoms with Crippen molar-refractivity contribution in [1.82, 2.24) is 0 Å². The van der Waals surface area contributed by atoms with Gasteiger partial charge in [-0.15, -0.1) is 0 Å². The van der Waals surface area contributed by atoms with Gasteiger partial charge in [-0.1, -0.05) is 12.1 Å². The fourth-order valence-electron chi connectivity index (χ4n) is 2.78. The minimum atomic E-state index is -4.40. The van der Waals surface area contributed by atoms with Crippen LogP contribution in [-0.2, 0) is 6.18 Å². The Morgan fingerprint density at radius 1 is 1.00 bits per heavy atom. The number of alkyl halides is 3. The number of halogens is 3. The highest BCUT2D eigenvalue weighted by atomic mass is 19.4. The van der Waals surface area contributed by atoms with E-state index >= 15 is 0 Å². The summed E-state index contributed by atoms with van der Waals surface area (Å²) in [6.45, 7) is 3.61. The molecule has 3 rings (SSSR count). The van der Waals surface area contributed by atoms with Crippen molar-refractivity contribution >= 4 is 17.3 Å². The first-order valence-electron chi connectivity index (χ1n) is 7.09. The summed E-state index contributed by atoms with van der Waals surface area (Å²) in [4.78, 5) is 14.2. The third-order valence-electron chi connectivity index (χ3n) is 3.81. The van der Waals surface area contributed by atoms with E-state index in [2.05, 4.69) is 5.32 Å². The molecule has 0 radical (unpaired) electrons. The van der Waals surface area contributed by atoms with E-state index in [1.54, 1.807) is 32.0 Å². The van der Waals surface area contributed by atoms with Crippen molar-refractivity contribution in [1.29, 1.82) is 0 Å². The zero-order valence-electron chi connectivity index (χ0n) is 12.6. The van der Waals surface area contributed by atoms with Crippen molar-refractivity contribution in [2.75, 3.05) is 10.2 Å². The van der Waals surface area contributed by atoms with Gasteiger partial charge in [0, 0.05) is 11.4 Å². The average Bonchev–Trinajstić information content (AvgIpc) is 2.46. The maximum Gasteiger partial charge on any atom is 0.416 e. The maximum atomic E-state index is 12.8. The first-order chi connectivity index (χ1) is 10.7. The van der Waals surface area contributed by atoms with Crippen LogP contribution in [0.2, 0.25) is 0 Å². The van der Waals surface area contributed by atoms with Crippen molar-refractivity contribution in [3.05, 3.63) is 59.7 Å². The standard InChI is InChI=1S/C17H15F3N2O/c1-16(2)21-14-6-4-3-5-13(14)15(23)22(16)12-9-7-11(8-10-12)17(18,19)20/h3-10,21H,1-2H3. The molecule has 0 bridgehead atoms. The van der Waals surface area contributed by atoms with Crippen molar-refractivity contribution in [2.24, 2.45) is 0 Å². The summed E-state index contributed by atoms with van der Waals surface area (Å²) in [5, 5.41) is 3.24. The summed E-state index contributed by atoms with van der Waals surface area (Å²) >= 11 is 0. The fraction of sp³-hybridized carbons (Fsp3) is 0.235. The highest BCUT2D eigenvalue weighted by Gasteiger charge is 2.39. The minimum Gasteiger partial charge on any atom is -0.362 e. The summed E-state index contributed by atoms with van der Waals surface area (Å²) < 4.78 is 38.1. The van der Waals surface area contributed by atoms with Gasteiger partial charge in [-0.05, 0) is 50.2 Å². The lowest BCUT2D eigenvalue weighted by molar-refractivity contribution is -0.137. The monoisotopic (exact) mass is 320 g/mol. The number of fused-ring (bicyclic) bond motifs is 1. The van der Waals surface area contributed by atoms with Gasteiger partial charge in [0.15, 0.2) is 0 Å². The number of carbonyl (C=O) groups excluding carboxylic acids is 1. The molecule has 0 fully saturated rings. The van der Waals surface area contributed by atoms with Crippen molar-refractivity contribution < 1.29 is 18.0 Å². The predicted octanol–water partition coefficient (Wildman–Crippen LogP) is 4.51. The molecule has 1 amide bonds. The lowest BCUT2D eigenvalue weighted by Gasteiger charge is -2.44. The van der Waals surface area contributed by atoms with Gasteiger partial charge in [0.05, 0.1) is 11.1 Å². The van der Waals surface area contributed by atoms with E-state index in [0.29, 0.717) is 16.9 Å². The summed E-state index contributed by atoms with van der Waals surface area (Å²) in [5.74, 6) is -0.246. The van der Waals surface area contributed by atoms with Crippen LogP contribution in [0.4, 0.5) is 24.5 Å². The average molecular weight is 320 g/mol. The first-order valence-corrected chi connectivity index (χ1v) is 7.09. The van der Waals surface area contributed by atoms with Gasteiger partial charge >= 0.3 is 6.18 Å². The SMILES string of the molecule is CC1(C)Nc2ccccc2C(=O)N1c1ccc(C(F)(F)F)cc1. The fourth-order valence-corrected chi connectivity index (χ4v) is 2.78. The number of hydrogen-bond donors (Lipinski definition) is 1. The Hall–Kier alpha value is -2.50. The first kappa shape index (κ1) is 15.4. The predicted molar refractivity (Wildman–Crippen MR) is 82.4 cm³/mol. The molecule has 1 aliphatic heterocycles. The molecule has 2 aromatic carbocycles. The summed E-state index contributed by atoms with van der Waals surface area (Å²) in [5.41, 5.74) is 0.120. The molecule has 1 heterocycles. The van der Waals surface area contributed by atoms with E-state index in [1.807, 2.05) is 6.07 Å². The third kappa shape index (κ3) is 2.65. The molecule has 23 heavy (non-hydrogen) atoms. The van der Waals surface area contributed by atoms with Crippen LogP contribution in [0, 0.1) is 0 Å². The van der Waals surface area contributed by atoms with E-state index in [1.165, 1.54) is 17.0 Å². The van der Waals surface area contributed by atoms with Gasteiger partial charge in [0.25, 0.3) is 5.91 Å². The molecule has 0 saturated carbocycles. The van der Waals surface area contributed by atoms with Crippen molar-refractivity contribution in [3.8, 4) is 0 Å². The van der Waals surface area contributed by atoms with Gasteiger partial charge in [0.2, 0.25) is 0 Å². The normalized spacial score (nSPS) is 16.7. The number of carbonyl (C=O) groups is 1. The maximum absolute atomic E-state index is 12.8. The van der Waals surface area contributed by atoms with E-state index in [-0.39, 0.29) is 5.91 Å². The Bertz CT molecular complexity index is 751. The number of amides is 1. The number of benzene rings is 2. The Balaban J connectivity index is 2.03. The Labute approximate surface area is 131 Å². The molecule has 2 aromatic rings. The molecule has 0 unspecified atom stereocenters. The van der Waals surface area contributed by atoms with Crippen LogP contribution in [0.5, 0.6) is 0 Å². The number of anilines is 2. The third-order valence-corrected chi connectivity index (χ3v) is 3.81. The van der Waals surface area contributed by atoms with E-state index < -0.39 is 17.4 Å². The van der Waals surface area contributed by atoms with E-state index in [4.69, 9.17) is 0 Å². The summed E-state index contributed by atoms with van der Waals surface area (Å²) in [6.07, 6.45) is -4.40. The van der Waals surface area contributed by atoms with Crippen LogP contribution in [-0.4, -0.2) is 11.6 Å². The minimum absolute atomic E-state index is 0.246. The number of nitrogens with zero attached hydrogens (tertiary/aromatic N) is 1. The second kappa shape index (κ2) is 5.01. The number of nitrogens with one attached hydrogen (secondary N) is 1.